The fraction of sp³-hybridized carbons (Fsp3) is 0.778. The molecular weight excluding hydrogens is 198 g/mol. The van der Waals surface area contributed by atoms with Gasteiger partial charge in [0.2, 0.25) is 11.7 Å². The molecule has 1 aliphatic heterocycles. The van der Waals surface area contributed by atoms with Crippen molar-refractivity contribution in [3.8, 4) is 0 Å². The molecule has 0 bridgehead atoms. The van der Waals surface area contributed by atoms with Gasteiger partial charge in [-0.2, -0.15) is 4.98 Å². The van der Waals surface area contributed by atoms with E-state index >= 15 is 0 Å². The molecule has 84 valence electrons. The molecule has 2 unspecified atom stereocenters. The Morgan fingerprint density at radius 2 is 2.47 bits per heavy atom. The zero-order valence-corrected chi connectivity index (χ0v) is 8.64. The van der Waals surface area contributed by atoms with Crippen LogP contribution in [0.2, 0.25) is 0 Å². The van der Waals surface area contributed by atoms with E-state index in [0.717, 1.165) is 12.8 Å². The lowest BCUT2D eigenvalue weighted by molar-refractivity contribution is 0.00768. The van der Waals surface area contributed by atoms with Gasteiger partial charge in [-0.15, -0.1) is 0 Å². The molecule has 2 heterocycles. The minimum absolute atomic E-state index is 0.209. The van der Waals surface area contributed by atoms with Crippen molar-refractivity contribution in [2.45, 2.75) is 31.4 Å². The number of aliphatic hydroxyl groups is 1. The Kier molecular flexibility index (Phi) is 2.72. The van der Waals surface area contributed by atoms with E-state index in [9.17, 15) is 0 Å². The van der Waals surface area contributed by atoms with E-state index < -0.39 is 11.6 Å². The van der Waals surface area contributed by atoms with E-state index in [2.05, 4.69) is 10.1 Å². The van der Waals surface area contributed by atoms with E-state index in [-0.39, 0.29) is 12.5 Å². The van der Waals surface area contributed by atoms with Crippen LogP contribution < -0.4 is 5.73 Å². The van der Waals surface area contributed by atoms with Crippen LogP contribution >= 0.6 is 0 Å². The van der Waals surface area contributed by atoms with Crippen LogP contribution in [-0.2, 0) is 10.3 Å². The van der Waals surface area contributed by atoms with Crippen LogP contribution in [0.3, 0.4) is 0 Å². The number of ether oxygens (including phenoxy) is 1. The molecule has 0 radical (unpaired) electrons. The molecule has 1 aromatic rings. The van der Waals surface area contributed by atoms with Crippen molar-refractivity contribution >= 4 is 0 Å². The lowest BCUT2D eigenvalue weighted by atomic mass is 10.0. The second-order valence-electron chi connectivity index (χ2n) is 3.93. The summed E-state index contributed by atoms with van der Waals surface area (Å²) in [6, 6.07) is -0.615. The van der Waals surface area contributed by atoms with Crippen LogP contribution in [0, 0.1) is 0 Å². The first-order chi connectivity index (χ1) is 7.15. The van der Waals surface area contributed by atoms with Crippen molar-refractivity contribution in [1.82, 2.24) is 10.1 Å². The van der Waals surface area contributed by atoms with Crippen molar-refractivity contribution in [2.24, 2.45) is 5.73 Å². The third-order valence-electron chi connectivity index (χ3n) is 2.65. The van der Waals surface area contributed by atoms with E-state index in [0.29, 0.717) is 12.4 Å². The molecule has 0 aromatic carbocycles. The zero-order valence-electron chi connectivity index (χ0n) is 8.64. The van der Waals surface area contributed by atoms with Crippen LogP contribution in [0.15, 0.2) is 4.52 Å². The lowest BCUT2D eigenvalue weighted by Gasteiger charge is -2.17. The highest BCUT2D eigenvalue weighted by molar-refractivity contribution is 5.03. The minimum Gasteiger partial charge on any atom is -0.394 e. The van der Waals surface area contributed by atoms with Crippen molar-refractivity contribution in [2.75, 3.05) is 13.2 Å². The summed E-state index contributed by atoms with van der Waals surface area (Å²) in [5.41, 5.74) is 5.10. The van der Waals surface area contributed by atoms with Gasteiger partial charge in [-0.3, -0.25) is 0 Å². The monoisotopic (exact) mass is 213 g/mol. The van der Waals surface area contributed by atoms with Gasteiger partial charge in [0.1, 0.15) is 11.6 Å². The molecule has 2 atom stereocenters. The largest absolute Gasteiger partial charge is 0.394 e. The summed E-state index contributed by atoms with van der Waals surface area (Å²) in [6.07, 6.45) is 1.87. The third kappa shape index (κ3) is 1.88. The highest BCUT2D eigenvalue weighted by atomic mass is 16.5. The van der Waals surface area contributed by atoms with Crippen LogP contribution in [0.4, 0.5) is 0 Å². The smallest absolute Gasteiger partial charge is 0.246 e. The molecule has 0 saturated carbocycles. The molecular formula is C9H15N3O3. The summed E-state index contributed by atoms with van der Waals surface area (Å²) in [7, 11) is 0. The Balaban J connectivity index is 2.19. The van der Waals surface area contributed by atoms with Crippen LogP contribution in [0.5, 0.6) is 0 Å². The van der Waals surface area contributed by atoms with Gasteiger partial charge in [0.15, 0.2) is 0 Å². The van der Waals surface area contributed by atoms with Crippen molar-refractivity contribution in [1.29, 1.82) is 0 Å². The number of hydrogen-bond donors (Lipinski definition) is 2. The maximum atomic E-state index is 8.84. The van der Waals surface area contributed by atoms with Gasteiger partial charge in [0, 0.05) is 6.61 Å². The molecule has 6 nitrogen and oxygen atoms in total. The SMILES string of the molecule is CC1(c2noc(C(N)CO)n2)CCCO1. The molecule has 6 heteroatoms. The Morgan fingerprint density at radius 1 is 1.67 bits per heavy atom. The summed E-state index contributed by atoms with van der Waals surface area (Å²) in [5.74, 6) is 0.767. The molecule has 0 amide bonds. The van der Waals surface area contributed by atoms with Gasteiger partial charge in [0.05, 0.1) is 6.61 Å². The summed E-state index contributed by atoms with van der Waals surface area (Å²) >= 11 is 0. The number of rotatable bonds is 3. The third-order valence-corrected chi connectivity index (χ3v) is 2.65. The highest BCUT2D eigenvalue weighted by Gasteiger charge is 2.37. The fourth-order valence-corrected chi connectivity index (χ4v) is 1.63. The first kappa shape index (κ1) is 10.5. The number of hydrogen-bond acceptors (Lipinski definition) is 6. The second kappa shape index (κ2) is 3.88. The first-order valence-corrected chi connectivity index (χ1v) is 5.00. The number of nitrogens with two attached hydrogens (primary N) is 1. The molecule has 1 saturated heterocycles. The van der Waals surface area contributed by atoms with E-state index in [4.69, 9.17) is 20.1 Å². The predicted octanol–water partition coefficient (Wildman–Crippen LogP) is 0.0873. The molecule has 1 fully saturated rings. The van der Waals surface area contributed by atoms with Gasteiger partial charge in [-0.05, 0) is 19.8 Å². The Bertz CT molecular complexity index is 333. The number of aromatic nitrogens is 2. The second-order valence-corrected chi connectivity index (χ2v) is 3.93. The van der Waals surface area contributed by atoms with E-state index in [1.54, 1.807) is 0 Å². The fourth-order valence-electron chi connectivity index (χ4n) is 1.63. The molecule has 15 heavy (non-hydrogen) atoms. The van der Waals surface area contributed by atoms with Gasteiger partial charge in [-0.25, -0.2) is 0 Å². The van der Waals surface area contributed by atoms with Gasteiger partial charge < -0.3 is 20.1 Å². The molecule has 2 rings (SSSR count). The molecule has 0 aliphatic carbocycles. The van der Waals surface area contributed by atoms with Gasteiger partial charge in [0.25, 0.3) is 0 Å². The molecule has 3 N–H and O–H groups in total. The van der Waals surface area contributed by atoms with Crippen molar-refractivity contribution in [3.63, 3.8) is 0 Å². The topological polar surface area (TPSA) is 94.4 Å². The molecule has 0 spiro atoms. The van der Waals surface area contributed by atoms with Crippen LogP contribution in [0.25, 0.3) is 0 Å². The first-order valence-electron chi connectivity index (χ1n) is 5.00. The Hall–Kier alpha value is -0.980. The van der Waals surface area contributed by atoms with Gasteiger partial charge in [-0.1, -0.05) is 5.16 Å². The average molecular weight is 213 g/mol. The van der Waals surface area contributed by atoms with Crippen LogP contribution in [0.1, 0.15) is 37.5 Å². The Morgan fingerprint density at radius 3 is 3.07 bits per heavy atom. The average Bonchev–Trinajstić information content (AvgIpc) is 2.85. The van der Waals surface area contributed by atoms with Crippen molar-refractivity contribution in [3.05, 3.63) is 11.7 Å². The van der Waals surface area contributed by atoms with Crippen molar-refractivity contribution < 1.29 is 14.4 Å². The predicted molar refractivity (Wildman–Crippen MR) is 50.9 cm³/mol. The summed E-state index contributed by atoms with van der Waals surface area (Å²) in [4.78, 5) is 4.15. The number of nitrogens with zero attached hydrogens (tertiary/aromatic N) is 2. The standard InChI is InChI=1S/C9H15N3O3/c1-9(3-2-4-14-9)8-11-7(15-12-8)6(10)5-13/h6,13H,2-5,10H2,1H3. The van der Waals surface area contributed by atoms with Gasteiger partial charge >= 0.3 is 0 Å². The minimum atomic E-state index is -0.615. The Labute approximate surface area is 87.4 Å². The van der Waals surface area contributed by atoms with E-state index in [1.807, 2.05) is 6.92 Å². The maximum absolute atomic E-state index is 8.84. The van der Waals surface area contributed by atoms with Crippen LogP contribution in [-0.4, -0.2) is 28.5 Å². The number of aliphatic hydroxyl groups excluding tert-OH is 1. The summed E-state index contributed by atoms with van der Waals surface area (Å²) in [5, 5.41) is 12.7. The zero-order chi connectivity index (χ0) is 10.9. The highest BCUT2D eigenvalue weighted by Crippen LogP contribution is 2.33. The maximum Gasteiger partial charge on any atom is 0.246 e. The molecule has 1 aromatic heterocycles. The quantitative estimate of drug-likeness (QED) is 0.738. The summed E-state index contributed by atoms with van der Waals surface area (Å²) in [6.45, 7) is 2.44. The van der Waals surface area contributed by atoms with E-state index in [1.165, 1.54) is 0 Å². The lowest BCUT2D eigenvalue weighted by Crippen LogP contribution is -2.22. The molecule has 1 aliphatic rings. The summed E-state index contributed by atoms with van der Waals surface area (Å²) < 4.78 is 10.5. The normalized spacial score (nSPS) is 28.2.